The van der Waals surface area contributed by atoms with Gasteiger partial charge in [0, 0.05) is 0 Å². The molecule has 6 atom stereocenters. The van der Waals surface area contributed by atoms with Gasteiger partial charge in [-0.25, -0.2) is 0 Å². The average molecular weight is 321 g/mol. The molecule has 3 fully saturated rings. The van der Waals surface area contributed by atoms with Gasteiger partial charge in [0.2, 0.25) is 0 Å². The first-order valence-corrected chi connectivity index (χ1v) is 9.91. The highest BCUT2D eigenvalue weighted by Gasteiger charge is 2.59. The third kappa shape index (κ3) is 2.65. The van der Waals surface area contributed by atoms with E-state index in [-0.39, 0.29) is 11.4 Å². The molecule has 0 aliphatic heterocycles. The van der Waals surface area contributed by atoms with E-state index in [2.05, 4.69) is 27.7 Å². The molecule has 0 saturated heterocycles. The van der Waals surface area contributed by atoms with Crippen LogP contribution in [0.2, 0.25) is 0 Å². The van der Waals surface area contributed by atoms with Crippen LogP contribution in [-0.2, 0) is 9.53 Å². The first-order valence-electron chi connectivity index (χ1n) is 9.91. The van der Waals surface area contributed by atoms with Gasteiger partial charge in [0.05, 0.1) is 12.5 Å². The lowest BCUT2D eigenvalue weighted by atomic mass is 9.43. The summed E-state index contributed by atoms with van der Waals surface area (Å²) in [6.45, 7) is 9.51. The van der Waals surface area contributed by atoms with Crippen molar-refractivity contribution < 1.29 is 9.53 Å². The summed E-state index contributed by atoms with van der Waals surface area (Å²) < 4.78 is 5.23. The minimum Gasteiger partial charge on any atom is -0.469 e. The van der Waals surface area contributed by atoms with Gasteiger partial charge in [0.1, 0.15) is 0 Å². The van der Waals surface area contributed by atoms with Crippen molar-refractivity contribution in [3.63, 3.8) is 0 Å². The zero-order chi connectivity index (χ0) is 16.8. The van der Waals surface area contributed by atoms with Crippen molar-refractivity contribution in [2.45, 2.75) is 79.1 Å². The van der Waals surface area contributed by atoms with Crippen molar-refractivity contribution >= 4 is 5.97 Å². The lowest BCUT2D eigenvalue weighted by Crippen LogP contribution is -2.56. The minimum absolute atomic E-state index is 0.0442. The van der Waals surface area contributed by atoms with E-state index in [1.54, 1.807) is 7.11 Å². The van der Waals surface area contributed by atoms with Crippen molar-refractivity contribution in [3.05, 3.63) is 0 Å². The molecule has 2 nitrogen and oxygen atoms in total. The van der Waals surface area contributed by atoms with Gasteiger partial charge in [0.25, 0.3) is 0 Å². The number of ether oxygens (including phenoxy) is 1. The smallest absolute Gasteiger partial charge is 0.311 e. The third-order valence-electron chi connectivity index (χ3n) is 8.27. The van der Waals surface area contributed by atoms with Crippen LogP contribution < -0.4 is 0 Å². The van der Waals surface area contributed by atoms with Crippen LogP contribution in [0.4, 0.5) is 0 Å². The number of hydrogen-bond donors (Lipinski definition) is 0. The SMILES string of the molecule is COC(=O)[C@@]1(C)CCC[C@@]2(C)C1CCC1CC(C(C)C)CC[C@H]12. The lowest BCUT2D eigenvalue weighted by Gasteiger charge is -2.61. The Balaban J connectivity index is 1.85. The number of carbonyl (C=O) groups excluding carboxylic acids is 1. The molecular formula is C21H36O2. The van der Waals surface area contributed by atoms with Crippen LogP contribution in [0.25, 0.3) is 0 Å². The Morgan fingerprint density at radius 3 is 2.48 bits per heavy atom. The molecule has 3 aliphatic carbocycles. The molecule has 0 N–H and O–H groups in total. The maximum Gasteiger partial charge on any atom is 0.311 e. The Morgan fingerprint density at radius 2 is 1.83 bits per heavy atom. The van der Waals surface area contributed by atoms with Crippen molar-refractivity contribution in [2.24, 2.45) is 40.4 Å². The highest BCUT2D eigenvalue weighted by Crippen LogP contribution is 2.64. The third-order valence-corrected chi connectivity index (χ3v) is 8.27. The molecule has 0 aromatic rings. The van der Waals surface area contributed by atoms with E-state index in [1.165, 1.54) is 44.9 Å². The van der Waals surface area contributed by atoms with Gasteiger partial charge >= 0.3 is 5.97 Å². The molecule has 0 heterocycles. The maximum absolute atomic E-state index is 12.6. The van der Waals surface area contributed by atoms with Crippen molar-refractivity contribution in [2.75, 3.05) is 7.11 Å². The number of rotatable bonds is 2. The molecule has 3 unspecified atom stereocenters. The fourth-order valence-electron chi connectivity index (χ4n) is 6.96. The second kappa shape index (κ2) is 6.08. The molecule has 3 aliphatic rings. The number of methoxy groups -OCH3 is 1. The zero-order valence-electron chi connectivity index (χ0n) is 15.9. The monoisotopic (exact) mass is 320 g/mol. The van der Waals surface area contributed by atoms with Gasteiger partial charge < -0.3 is 4.74 Å². The molecule has 0 bridgehead atoms. The maximum atomic E-state index is 12.6. The van der Waals surface area contributed by atoms with Gasteiger partial charge in [-0.1, -0.05) is 27.2 Å². The molecule has 132 valence electrons. The van der Waals surface area contributed by atoms with Crippen LogP contribution in [0.3, 0.4) is 0 Å². The quantitative estimate of drug-likeness (QED) is 0.632. The van der Waals surface area contributed by atoms with E-state index in [0.717, 1.165) is 30.1 Å². The summed E-state index contributed by atoms with van der Waals surface area (Å²) in [7, 11) is 1.57. The summed E-state index contributed by atoms with van der Waals surface area (Å²) in [5, 5.41) is 0. The Hall–Kier alpha value is -0.530. The van der Waals surface area contributed by atoms with Crippen LogP contribution in [0.15, 0.2) is 0 Å². The van der Waals surface area contributed by atoms with Crippen LogP contribution >= 0.6 is 0 Å². The molecule has 0 aromatic heterocycles. The van der Waals surface area contributed by atoms with E-state index in [4.69, 9.17) is 4.74 Å². The van der Waals surface area contributed by atoms with E-state index >= 15 is 0 Å². The van der Waals surface area contributed by atoms with Crippen LogP contribution in [0.1, 0.15) is 79.1 Å². The second-order valence-corrected chi connectivity index (χ2v) is 9.58. The van der Waals surface area contributed by atoms with Crippen LogP contribution in [0.5, 0.6) is 0 Å². The Bertz CT molecular complexity index is 457. The molecule has 3 saturated carbocycles. The number of hydrogen-bond acceptors (Lipinski definition) is 2. The molecule has 0 aromatic carbocycles. The van der Waals surface area contributed by atoms with E-state index in [9.17, 15) is 4.79 Å². The summed E-state index contributed by atoms with van der Waals surface area (Å²) in [6.07, 6.45) is 10.3. The Labute approximate surface area is 142 Å². The van der Waals surface area contributed by atoms with E-state index in [0.29, 0.717) is 11.3 Å². The first kappa shape index (κ1) is 17.3. The summed E-state index contributed by atoms with van der Waals surface area (Å²) in [4.78, 5) is 12.6. The highest BCUT2D eigenvalue weighted by molar-refractivity contribution is 5.77. The molecule has 23 heavy (non-hydrogen) atoms. The van der Waals surface area contributed by atoms with Gasteiger partial charge in [-0.15, -0.1) is 0 Å². The van der Waals surface area contributed by atoms with Gasteiger partial charge in [-0.2, -0.15) is 0 Å². The van der Waals surface area contributed by atoms with E-state index < -0.39 is 0 Å². The summed E-state index contributed by atoms with van der Waals surface area (Å²) in [5.74, 6) is 4.05. The Morgan fingerprint density at radius 1 is 1.09 bits per heavy atom. The average Bonchev–Trinajstić information content (AvgIpc) is 2.53. The summed E-state index contributed by atoms with van der Waals surface area (Å²) >= 11 is 0. The normalized spacial score (nSPS) is 46.9. The molecule has 3 rings (SSSR count). The summed E-state index contributed by atoms with van der Waals surface area (Å²) in [6, 6.07) is 0. The Kier molecular flexibility index (Phi) is 4.57. The fourth-order valence-corrected chi connectivity index (χ4v) is 6.96. The number of esters is 1. The van der Waals surface area contributed by atoms with Crippen molar-refractivity contribution in [1.29, 1.82) is 0 Å². The number of carbonyl (C=O) groups is 1. The number of fused-ring (bicyclic) bond motifs is 3. The van der Waals surface area contributed by atoms with Crippen molar-refractivity contribution in [1.82, 2.24) is 0 Å². The molecule has 0 amide bonds. The van der Waals surface area contributed by atoms with Gasteiger partial charge in [0.15, 0.2) is 0 Å². The molecular weight excluding hydrogens is 284 g/mol. The topological polar surface area (TPSA) is 26.3 Å². The molecule has 0 radical (unpaired) electrons. The lowest BCUT2D eigenvalue weighted by molar-refractivity contribution is -0.176. The molecule has 0 spiro atoms. The van der Waals surface area contributed by atoms with Crippen molar-refractivity contribution in [3.8, 4) is 0 Å². The van der Waals surface area contributed by atoms with Crippen LogP contribution in [-0.4, -0.2) is 13.1 Å². The highest BCUT2D eigenvalue weighted by atomic mass is 16.5. The van der Waals surface area contributed by atoms with Gasteiger partial charge in [-0.3, -0.25) is 4.79 Å². The predicted molar refractivity (Wildman–Crippen MR) is 94.0 cm³/mol. The van der Waals surface area contributed by atoms with E-state index in [1.807, 2.05) is 0 Å². The standard InChI is InChI=1S/C21H36O2/c1-14(2)15-7-9-17-16(13-15)8-10-18-20(17,3)11-6-12-21(18,4)19(22)23-5/h14-18H,6-13H2,1-5H3/t15?,16?,17-,18?,20-,21+/m1/s1. The predicted octanol–water partition coefficient (Wildman–Crippen LogP) is 5.45. The molecule has 2 heteroatoms. The summed E-state index contributed by atoms with van der Waals surface area (Å²) in [5.41, 5.74) is 0.105. The van der Waals surface area contributed by atoms with Crippen LogP contribution in [0, 0.1) is 40.4 Å². The second-order valence-electron chi connectivity index (χ2n) is 9.58. The fraction of sp³-hybridized carbons (Fsp3) is 0.952. The zero-order valence-corrected chi connectivity index (χ0v) is 15.9. The first-order chi connectivity index (χ1) is 10.8. The largest absolute Gasteiger partial charge is 0.469 e. The van der Waals surface area contributed by atoms with Gasteiger partial charge in [-0.05, 0) is 86.9 Å². The minimum atomic E-state index is -0.248.